The summed E-state index contributed by atoms with van der Waals surface area (Å²) in [5, 5.41) is 4.70. The molecule has 0 atom stereocenters. The normalized spacial score (nSPS) is 14.9. The van der Waals surface area contributed by atoms with E-state index in [-0.39, 0.29) is 0 Å². The van der Waals surface area contributed by atoms with Crippen LogP contribution in [0.1, 0.15) is 18.1 Å². The Kier molecular flexibility index (Phi) is 5.81. The predicted octanol–water partition coefficient (Wildman–Crippen LogP) is 3.70. The standard InChI is InChI=1S/C23H29N5O/c1-4-27-10-12-28(13-11-27)21-14-18(8-9-24-21)16-26-22-17(2)15-25-23-19(22)6-5-7-20(23)29-3/h5-9,14-15H,4,10-13,16H2,1-3H3,(H,25,26). The number of likely N-dealkylation sites (N-methyl/N-ethyl adjacent to an activating group) is 1. The van der Waals surface area contributed by atoms with Crippen LogP contribution < -0.4 is 15.0 Å². The lowest BCUT2D eigenvalue weighted by Crippen LogP contribution is -2.46. The largest absolute Gasteiger partial charge is 0.494 e. The highest BCUT2D eigenvalue weighted by molar-refractivity contribution is 5.96. The molecule has 0 saturated carbocycles. The molecule has 4 rings (SSSR count). The van der Waals surface area contributed by atoms with Crippen molar-refractivity contribution in [3.8, 4) is 5.75 Å². The van der Waals surface area contributed by atoms with Gasteiger partial charge in [0.2, 0.25) is 0 Å². The summed E-state index contributed by atoms with van der Waals surface area (Å²) in [5.41, 5.74) is 4.33. The maximum Gasteiger partial charge on any atom is 0.145 e. The highest BCUT2D eigenvalue weighted by Crippen LogP contribution is 2.31. The van der Waals surface area contributed by atoms with Gasteiger partial charge in [-0.05, 0) is 42.8 Å². The molecule has 1 aromatic carbocycles. The molecule has 29 heavy (non-hydrogen) atoms. The Bertz CT molecular complexity index is 982. The van der Waals surface area contributed by atoms with Gasteiger partial charge in [0.05, 0.1) is 7.11 Å². The molecule has 6 nitrogen and oxygen atoms in total. The third kappa shape index (κ3) is 4.12. The predicted molar refractivity (Wildman–Crippen MR) is 119 cm³/mol. The topological polar surface area (TPSA) is 53.5 Å². The molecule has 0 bridgehead atoms. The Morgan fingerprint density at radius 2 is 1.93 bits per heavy atom. The van der Waals surface area contributed by atoms with Gasteiger partial charge >= 0.3 is 0 Å². The Hall–Kier alpha value is -2.86. The third-order valence-corrected chi connectivity index (χ3v) is 5.69. The molecule has 1 saturated heterocycles. The second-order valence-corrected chi connectivity index (χ2v) is 7.47. The molecule has 6 heteroatoms. The van der Waals surface area contributed by atoms with Crippen molar-refractivity contribution in [2.45, 2.75) is 20.4 Å². The zero-order valence-electron chi connectivity index (χ0n) is 17.5. The molecule has 0 radical (unpaired) electrons. The summed E-state index contributed by atoms with van der Waals surface area (Å²) in [5.74, 6) is 1.86. The van der Waals surface area contributed by atoms with Crippen LogP contribution in [0.4, 0.5) is 11.5 Å². The number of hydrogen-bond acceptors (Lipinski definition) is 6. The van der Waals surface area contributed by atoms with Crippen LogP contribution in [0.15, 0.2) is 42.7 Å². The average molecular weight is 392 g/mol. The van der Waals surface area contributed by atoms with Gasteiger partial charge in [-0.3, -0.25) is 4.98 Å². The number of pyridine rings is 2. The van der Waals surface area contributed by atoms with E-state index < -0.39 is 0 Å². The number of aryl methyl sites for hydroxylation is 1. The van der Waals surface area contributed by atoms with Gasteiger partial charge in [0, 0.05) is 56.2 Å². The number of benzene rings is 1. The van der Waals surface area contributed by atoms with Crippen molar-refractivity contribution < 1.29 is 4.74 Å². The third-order valence-electron chi connectivity index (χ3n) is 5.69. The number of nitrogens with one attached hydrogen (secondary N) is 1. The molecule has 1 aliphatic heterocycles. The van der Waals surface area contributed by atoms with Crippen LogP contribution in [0.3, 0.4) is 0 Å². The van der Waals surface area contributed by atoms with Crippen LogP contribution in [0.5, 0.6) is 5.75 Å². The minimum absolute atomic E-state index is 0.738. The van der Waals surface area contributed by atoms with E-state index in [9.17, 15) is 0 Å². The SMILES string of the molecule is CCN1CCN(c2cc(CNc3c(C)cnc4c(OC)cccc34)ccn2)CC1. The van der Waals surface area contributed by atoms with Crippen molar-refractivity contribution in [2.75, 3.05) is 50.1 Å². The van der Waals surface area contributed by atoms with E-state index in [0.717, 1.165) is 73.0 Å². The Balaban J connectivity index is 1.52. The van der Waals surface area contributed by atoms with Crippen molar-refractivity contribution in [2.24, 2.45) is 0 Å². The van der Waals surface area contributed by atoms with Gasteiger partial charge in [-0.2, -0.15) is 0 Å². The minimum atomic E-state index is 0.738. The van der Waals surface area contributed by atoms with E-state index in [1.807, 2.05) is 24.5 Å². The molecule has 152 valence electrons. The van der Waals surface area contributed by atoms with Gasteiger partial charge in [-0.1, -0.05) is 19.1 Å². The summed E-state index contributed by atoms with van der Waals surface area (Å²) in [6.45, 7) is 10.4. The van der Waals surface area contributed by atoms with Gasteiger partial charge in [0.25, 0.3) is 0 Å². The van der Waals surface area contributed by atoms with E-state index in [0.29, 0.717) is 0 Å². The zero-order valence-corrected chi connectivity index (χ0v) is 17.5. The number of hydrogen-bond donors (Lipinski definition) is 1. The quantitative estimate of drug-likeness (QED) is 0.691. The first kappa shape index (κ1) is 19.5. The summed E-state index contributed by atoms with van der Waals surface area (Å²) >= 11 is 0. The van der Waals surface area contributed by atoms with E-state index in [1.165, 1.54) is 5.56 Å². The van der Waals surface area contributed by atoms with Crippen molar-refractivity contribution in [1.82, 2.24) is 14.9 Å². The molecule has 2 aromatic heterocycles. The Morgan fingerprint density at radius 3 is 2.69 bits per heavy atom. The van der Waals surface area contributed by atoms with Crippen LogP contribution >= 0.6 is 0 Å². The number of fused-ring (bicyclic) bond motifs is 1. The second kappa shape index (κ2) is 8.66. The number of para-hydroxylation sites is 1. The van der Waals surface area contributed by atoms with Crippen molar-refractivity contribution in [1.29, 1.82) is 0 Å². The van der Waals surface area contributed by atoms with Crippen LogP contribution in [-0.2, 0) is 6.54 Å². The first-order chi connectivity index (χ1) is 14.2. The summed E-state index contributed by atoms with van der Waals surface area (Å²) in [4.78, 5) is 14.0. The van der Waals surface area contributed by atoms with E-state index in [2.05, 4.69) is 57.1 Å². The van der Waals surface area contributed by atoms with Crippen molar-refractivity contribution in [3.63, 3.8) is 0 Å². The summed E-state index contributed by atoms with van der Waals surface area (Å²) in [6, 6.07) is 10.3. The van der Waals surface area contributed by atoms with Crippen LogP contribution in [0.25, 0.3) is 10.9 Å². The van der Waals surface area contributed by atoms with Crippen molar-refractivity contribution in [3.05, 3.63) is 53.9 Å². The van der Waals surface area contributed by atoms with Gasteiger partial charge in [-0.15, -0.1) is 0 Å². The monoisotopic (exact) mass is 391 g/mol. The number of anilines is 2. The van der Waals surface area contributed by atoms with Gasteiger partial charge in [0.1, 0.15) is 17.1 Å². The molecule has 0 aliphatic carbocycles. The number of nitrogens with zero attached hydrogens (tertiary/aromatic N) is 4. The first-order valence-electron chi connectivity index (χ1n) is 10.3. The van der Waals surface area contributed by atoms with Gasteiger partial charge in [-0.25, -0.2) is 4.98 Å². The molecule has 1 aliphatic rings. The maximum absolute atomic E-state index is 5.48. The minimum Gasteiger partial charge on any atom is -0.494 e. The zero-order chi connectivity index (χ0) is 20.2. The molecule has 1 fully saturated rings. The van der Waals surface area contributed by atoms with Gasteiger partial charge < -0.3 is 19.9 Å². The molecule has 0 amide bonds. The lowest BCUT2D eigenvalue weighted by Gasteiger charge is -2.34. The average Bonchev–Trinajstić information content (AvgIpc) is 2.78. The lowest BCUT2D eigenvalue weighted by molar-refractivity contribution is 0.270. The fraction of sp³-hybridized carbons (Fsp3) is 0.391. The first-order valence-corrected chi connectivity index (χ1v) is 10.3. The number of piperazine rings is 1. The molecule has 1 N–H and O–H groups in total. The van der Waals surface area contributed by atoms with Crippen molar-refractivity contribution >= 4 is 22.4 Å². The van der Waals surface area contributed by atoms with Crippen LogP contribution in [0.2, 0.25) is 0 Å². The fourth-order valence-corrected chi connectivity index (χ4v) is 3.92. The molecular weight excluding hydrogens is 362 g/mol. The summed E-state index contributed by atoms with van der Waals surface area (Å²) in [7, 11) is 1.68. The number of methoxy groups -OCH3 is 1. The molecule has 3 heterocycles. The molecular formula is C23H29N5O. The van der Waals surface area contributed by atoms with Crippen LogP contribution in [0, 0.1) is 6.92 Å². The molecule has 0 spiro atoms. The summed E-state index contributed by atoms with van der Waals surface area (Å²) in [6.07, 6.45) is 3.82. The summed E-state index contributed by atoms with van der Waals surface area (Å²) < 4.78 is 5.48. The highest BCUT2D eigenvalue weighted by Gasteiger charge is 2.17. The Morgan fingerprint density at radius 1 is 1.10 bits per heavy atom. The van der Waals surface area contributed by atoms with Gasteiger partial charge in [0.15, 0.2) is 0 Å². The fourth-order valence-electron chi connectivity index (χ4n) is 3.92. The number of ether oxygens (including phenoxy) is 1. The highest BCUT2D eigenvalue weighted by atomic mass is 16.5. The van der Waals surface area contributed by atoms with E-state index >= 15 is 0 Å². The van der Waals surface area contributed by atoms with Crippen LogP contribution in [-0.4, -0.2) is 54.7 Å². The second-order valence-electron chi connectivity index (χ2n) is 7.47. The smallest absolute Gasteiger partial charge is 0.145 e. The van der Waals surface area contributed by atoms with E-state index in [1.54, 1.807) is 7.11 Å². The number of aromatic nitrogens is 2. The lowest BCUT2D eigenvalue weighted by atomic mass is 10.1. The number of rotatable bonds is 6. The maximum atomic E-state index is 5.48. The molecule has 0 unspecified atom stereocenters. The van der Waals surface area contributed by atoms with E-state index in [4.69, 9.17) is 4.74 Å². The molecule has 3 aromatic rings. The Labute approximate surface area is 172 Å².